The Balaban J connectivity index is 1.45. The van der Waals surface area contributed by atoms with Crippen molar-refractivity contribution in [1.29, 1.82) is 0 Å². The third-order valence-corrected chi connectivity index (χ3v) is 6.23. The fraction of sp³-hybridized carbons (Fsp3) is 0.286. The number of rotatable bonds is 9. The van der Waals surface area contributed by atoms with Crippen LogP contribution >= 0.6 is 0 Å². The van der Waals surface area contributed by atoms with Crippen molar-refractivity contribution in [2.75, 3.05) is 27.3 Å². The van der Waals surface area contributed by atoms with Gasteiger partial charge in [0.2, 0.25) is 5.91 Å². The number of aryl methyl sites for hydroxylation is 1. The summed E-state index contributed by atoms with van der Waals surface area (Å²) >= 11 is 0. The van der Waals surface area contributed by atoms with Gasteiger partial charge >= 0.3 is 0 Å². The highest BCUT2D eigenvalue weighted by atomic mass is 16.5. The Kier molecular flexibility index (Phi) is 7.16. The summed E-state index contributed by atoms with van der Waals surface area (Å²) in [4.78, 5) is 28.1. The first-order valence-electron chi connectivity index (χ1n) is 11.5. The number of benzene rings is 3. The highest BCUT2D eigenvalue weighted by Gasteiger charge is 2.40. The van der Waals surface area contributed by atoms with Crippen molar-refractivity contribution in [3.05, 3.63) is 94.5 Å². The van der Waals surface area contributed by atoms with Crippen LogP contribution in [0.1, 0.15) is 38.7 Å². The fourth-order valence-electron chi connectivity index (χ4n) is 4.35. The zero-order chi connectivity index (χ0) is 24.1. The summed E-state index contributed by atoms with van der Waals surface area (Å²) in [5.41, 5.74) is 4.73. The number of carbonyl (C=O) groups is 2. The monoisotopic (exact) mass is 458 g/mol. The Hall–Kier alpha value is -3.80. The van der Waals surface area contributed by atoms with E-state index in [1.54, 1.807) is 25.2 Å². The molecule has 1 atom stereocenters. The molecule has 3 aromatic rings. The maximum absolute atomic E-state index is 13.3. The molecular weight excluding hydrogens is 428 g/mol. The molecule has 0 saturated heterocycles. The van der Waals surface area contributed by atoms with Gasteiger partial charge in [0.1, 0.15) is 6.04 Å². The SMILES string of the molecule is COc1ccc(CCNC(=O)[C@H]2c3ccccc3C(=O)N2CCc2ccc(C)cc2)cc1OC. The van der Waals surface area contributed by atoms with Crippen LogP contribution in [0.5, 0.6) is 11.5 Å². The minimum absolute atomic E-state index is 0.0947. The molecule has 34 heavy (non-hydrogen) atoms. The Morgan fingerprint density at radius 3 is 2.35 bits per heavy atom. The van der Waals surface area contributed by atoms with E-state index < -0.39 is 6.04 Å². The van der Waals surface area contributed by atoms with Gasteiger partial charge in [-0.3, -0.25) is 9.59 Å². The van der Waals surface area contributed by atoms with Crippen molar-refractivity contribution in [1.82, 2.24) is 10.2 Å². The minimum atomic E-state index is -0.625. The molecule has 1 heterocycles. The molecule has 0 aromatic heterocycles. The van der Waals surface area contributed by atoms with Gasteiger partial charge in [-0.2, -0.15) is 0 Å². The first-order valence-corrected chi connectivity index (χ1v) is 11.5. The highest BCUT2D eigenvalue weighted by Crippen LogP contribution is 2.34. The molecule has 0 spiro atoms. The number of carbonyl (C=O) groups excluding carboxylic acids is 2. The van der Waals surface area contributed by atoms with Crippen LogP contribution in [0.4, 0.5) is 0 Å². The normalized spacial score (nSPS) is 14.6. The number of fused-ring (bicyclic) bond motifs is 1. The summed E-state index contributed by atoms with van der Waals surface area (Å²) in [6.45, 7) is 2.98. The van der Waals surface area contributed by atoms with Gasteiger partial charge in [-0.25, -0.2) is 0 Å². The predicted octanol–water partition coefficient (Wildman–Crippen LogP) is 4.11. The second kappa shape index (κ2) is 10.4. The van der Waals surface area contributed by atoms with E-state index in [0.29, 0.717) is 43.0 Å². The van der Waals surface area contributed by atoms with E-state index in [1.807, 2.05) is 43.3 Å². The van der Waals surface area contributed by atoms with Gasteiger partial charge in [-0.15, -0.1) is 0 Å². The summed E-state index contributed by atoms with van der Waals surface area (Å²) in [6.07, 6.45) is 1.33. The summed E-state index contributed by atoms with van der Waals surface area (Å²) in [5, 5.41) is 3.03. The van der Waals surface area contributed by atoms with Crippen LogP contribution in [0.15, 0.2) is 66.7 Å². The molecule has 3 aromatic carbocycles. The van der Waals surface area contributed by atoms with E-state index in [0.717, 1.165) is 16.7 Å². The van der Waals surface area contributed by atoms with Crippen LogP contribution < -0.4 is 14.8 Å². The first kappa shape index (κ1) is 23.4. The van der Waals surface area contributed by atoms with Crippen molar-refractivity contribution in [3.8, 4) is 11.5 Å². The molecule has 6 nitrogen and oxygen atoms in total. The largest absolute Gasteiger partial charge is 0.493 e. The maximum Gasteiger partial charge on any atom is 0.255 e. The smallest absolute Gasteiger partial charge is 0.255 e. The molecule has 0 saturated carbocycles. The van der Waals surface area contributed by atoms with Crippen LogP contribution in [0.3, 0.4) is 0 Å². The van der Waals surface area contributed by atoms with E-state index >= 15 is 0 Å². The lowest BCUT2D eigenvalue weighted by atomic mass is 10.0. The van der Waals surface area contributed by atoms with Crippen molar-refractivity contribution in [2.24, 2.45) is 0 Å². The number of methoxy groups -OCH3 is 2. The fourth-order valence-corrected chi connectivity index (χ4v) is 4.35. The third kappa shape index (κ3) is 4.91. The van der Waals surface area contributed by atoms with E-state index in [2.05, 4.69) is 29.6 Å². The molecule has 0 bridgehead atoms. The Bertz CT molecular complexity index is 1170. The van der Waals surface area contributed by atoms with Crippen LogP contribution in [0, 0.1) is 6.92 Å². The van der Waals surface area contributed by atoms with Gasteiger partial charge in [0.05, 0.1) is 14.2 Å². The molecule has 176 valence electrons. The Labute approximate surface area is 200 Å². The number of hydrogen-bond donors (Lipinski definition) is 1. The Morgan fingerprint density at radius 1 is 0.912 bits per heavy atom. The summed E-state index contributed by atoms with van der Waals surface area (Å²) in [5.74, 6) is 1.06. The van der Waals surface area contributed by atoms with Gasteiger partial charge in [0.15, 0.2) is 11.5 Å². The topological polar surface area (TPSA) is 67.9 Å². The third-order valence-electron chi connectivity index (χ3n) is 6.23. The van der Waals surface area contributed by atoms with Gasteiger partial charge < -0.3 is 19.7 Å². The van der Waals surface area contributed by atoms with E-state index in [-0.39, 0.29) is 11.8 Å². The average Bonchev–Trinajstić information content (AvgIpc) is 3.15. The van der Waals surface area contributed by atoms with Crippen LogP contribution in [0.25, 0.3) is 0 Å². The van der Waals surface area contributed by atoms with Gasteiger partial charge in [-0.05, 0) is 54.7 Å². The van der Waals surface area contributed by atoms with Crippen molar-refractivity contribution in [2.45, 2.75) is 25.8 Å². The van der Waals surface area contributed by atoms with E-state index in [1.165, 1.54) is 5.56 Å². The number of hydrogen-bond acceptors (Lipinski definition) is 4. The lowest BCUT2D eigenvalue weighted by molar-refractivity contribution is -0.125. The second-order valence-electron chi connectivity index (χ2n) is 8.45. The summed E-state index contributed by atoms with van der Waals surface area (Å²) in [7, 11) is 3.20. The Morgan fingerprint density at radius 2 is 1.62 bits per heavy atom. The number of amides is 2. The lowest BCUT2D eigenvalue weighted by Gasteiger charge is -2.25. The predicted molar refractivity (Wildman–Crippen MR) is 131 cm³/mol. The molecule has 6 heteroatoms. The molecule has 1 aliphatic rings. The molecule has 0 radical (unpaired) electrons. The summed E-state index contributed by atoms with van der Waals surface area (Å²) < 4.78 is 10.6. The second-order valence-corrected chi connectivity index (χ2v) is 8.45. The van der Waals surface area contributed by atoms with Gasteiger partial charge in [0.25, 0.3) is 5.91 Å². The molecule has 0 aliphatic carbocycles. The standard InChI is InChI=1S/C28H30N2O4/c1-19-8-10-20(11-9-19)15-17-30-26(22-6-4-5-7-23(22)28(30)32)27(31)29-16-14-21-12-13-24(33-2)25(18-21)34-3/h4-13,18,26H,14-17H2,1-3H3,(H,29,31)/t26-/m1/s1. The number of nitrogens with one attached hydrogen (secondary N) is 1. The van der Waals surface area contributed by atoms with Gasteiger partial charge in [0, 0.05) is 18.7 Å². The molecule has 4 rings (SSSR count). The molecule has 1 aliphatic heterocycles. The molecule has 1 N–H and O–H groups in total. The molecule has 0 unspecified atom stereocenters. The molecular formula is C28H30N2O4. The van der Waals surface area contributed by atoms with Crippen LogP contribution in [0.2, 0.25) is 0 Å². The van der Waals surface area contributed by atoms with Crippen molar-refractivity contribution >= 4 is 11.8 Å². The van der Waals surface area contributed by atoms with Crippen molar-refractivity contribution in [3.63, 3.8) is 0 Å². The van der Waals surface area contributed by atoms with Crippen molar-refractivity contribution < 1.29 is 19.1 Å². The first-order chi connectivity index (χ1) is 16.5. The summed E-state index contributed by atoms with van der Waals surface area (Å²) in [6, 6.07) is 20.7. The van der Waals surface area contributed by atoms with E-state index in [4.69, 9.17) is 9.47 Å². The maximum atomic E-state index is 13.3. The van der Waals surface area contributed by atoms with Gasteiger partial charge in [-0.1, -0.05) is 54.1 Å². The van der Waals surface area contributed by atoms with Crippen LogP contribution in [-0.4, -0.2) is 44.0 Å². The zero-order valence-electron chi connectivity index (χ0n) is 19.8. The van der Waals surface area contributed by atoms with E-state index in [9.17, 15) is 9.59 Å². The molecule has 2 amide bonds. The van der Waals surface area contributed by atoms with Crippen LogP contribution in [-0.2, 0) is 17.6 Å². The zero-order valence-corrected chi connectivity index (χ0v) is 19.8. The average molecular weight is 459 g/mol. The minimum Gasteiger partial charge on any atom is -0.493 e. The highest BCUT2D eigenvalue weighted by molar-refractivity contribution is 6.04. The lowest BCUT2D eigenvalue weighted by Crippen LogP contribution is -2.40. The number of nitrogens with zero attached hydrogens (tertiary/aromatic N) is 1. The quantitative estimate of drug-likeness (QED) is 0.524. The molecule has 0 fully saturated rings. The number of ether oxygens (including phenoxy) is 2.